The molecule has 5 nitrogen and oxygen atoms in total. The Hall–Kier alpha value is -2.56. The monoisotopic (exact) mass is 520 g/mol. The fraction of sp³-hybridized carbons (Fsp3) is 0.448. The highest BCUT2D eigenvalue weighted by molar-refractivity contribution is 8.20. The van der Waals surface area contributed by atoms with Crippen molar-refractivity contribution in [3.8, 4) is 34.7 Å². The van der Waals surface area contributed by atoms with Crippen molar-refractivity contribution in [3.05, 3.63) is 59.5 Å². The van der Waals surface area contributed by atoms with Crippen LogP contribution >= 0.6 is 23.5 Å². The average molecular weight is 521 g/mol. The topological polar surface area (TPSA) is 57.4 Å². The van der Waals surface area contributed by atoms with Crippen molar-refractivity contribution in [2.45, 2.75) is 62.1 Å². The second kappa shape index (κ2) is 12.1. The molecule has 36 heavy (non-hydrogen) atoms. The normalized spacial score (nSPS) is 17.1. The van der Waals surface area contributed by atoms with Crippen LogP contribution in [0, 0.1) is 18.8 Å². The van der Waals surface area contributed by atoms with Gasteiger partial charge in [-0.05, 0) is 67.9 Å². The number of benzene rings is 2. The number of rotatable bonds is 8. The summed E-state index contributed by atoms with van der Waals surface area (Å²) < 4.78 is 17.6. The van der Waals surface area contributed by atoms with Crippen LogP contribution in [0.25, 0.3) is 11.4 Å². The van der Waals surface area contributed by atoms with E-state index in [4.69, 9.17) is 14.0 Å². The maximum atomic E-state index is 6.39. The van der Waals surface area contributed by atoms with Gasteiger partial charge in [0, 0.05) is 29.9 Å². The largest absolute Gasteiger partial charge is 0.493 e. The Morgan fingerprint density at radius 2 is 1.92 bits per heavy atom. The van der Waals surface area contributed by atoms with Crippen molar-refractivity contribution in [1.29, 1.82) is 0 Å². The van der Waals surface area contributed by atoms with E-state index >= 15 is 0 Å². The molecule has 0 radical (unpaired) electrons. The molecule has 3 aromatic rings. The Balaban J connectivity index is 1.37. The van der Waals surface area contributed by atoms with Crippen LogP contribution in [0.3, 0.4) is 0 Å². The van der Waals surface area contributed by atoms with E-state index < -0.39 is 0 Å². The number of aromatic nitrogens is 2. The molecule has 7 heteroatoms. The first-order chi connectivity index (χ1) is 17.7. The Bertz CT molecular complexity index is 1220. The number of hydrogen-bond acceptors (Lipinski definition) is 7. The summed E-state index contributed by atoms with van der Waals surface area (Å²) in [6.45, 7) is 1.81. The highest BCUT2D eigenvalue weighted by Gasteiger charge is 2.21. The van der Waals surface area contributed by atoms with Gasteiger partial charge in [-0.1, -0.05) is 41.3 Å². The number of ether oxygens (including phenoxy) is 2. The standard InChI is InChI=1S/C29H32N2O3S2/c1-20-30-29(31-34-20)24-7-5-6-21(18-24)10-11-22(13-15-28-35-16-17-36-28)23-12-14-26(32-2)27(19-23)33-25-8-3-4-9-25/h5-7,12,14,18-19,22,25,28H,3-4,8-11,16-17H2,1-2H3. The number of aryl methyl sites for hydroxylation is 2. The summed E-state index contributed by atoms with van der Waals surface area (Å²) in [5, 5.41) is 4.07. The maximum Gasteiger partial charge on any atom is 0.223 e. The zero-order valence-electron chi connectivity index (χ0n) is 20.9. The van der Waals surface area contributed by atoms with Gasteiger partial charge in [0.2, 0.25) is 11.7 Å². The second-order valence-electron chi connectivity index (χ2n) is 9.23. The molecule has 1 atom stereocenters. The number of hydrogen-bond donors (Lipinski definition) is 0. The van der Waals surface area contributed by atoms with Crippen LogP contribution in [-0.4, -0.2) is 39.4 Å². The first kappa shape index (κ1) is 25.1. The molecule has 1 saturated carbocycles. The van der Waals surface area contributed by atoms with Crippen molar-refractivity contribution in [2.75, 3.05) is 18.6 Å². The van der Waals surface area contributed by atoms with Gasteiger partial charge in [-0.2, -0.15) is 4.98 Å². The fourth-order valence-electron chi connectivity index (χ4n) is 4.71. The lowest BCUT2D eigenvalue weighted by atomic mass is 9.92. The van der Waals surface area contributed by atoms with E-state index in [1.807, 2.05) is 42.6 Å². The third-order valence-corrected chi connectivity index (χ3v) is 9.41. The van der Waals surface area contributed by atoms with Crippen molar-refractivity contribution in [1.82, 2.24) is 10.1 Å². The molecule has 1 aliphatic heterocycles. The predicted octanol–water partition coefficient (Wildman–Crippen LogP) is 6.90. The third kappa shape index (κ3) is 6.41. The first-order valence-electron chi connectivity index (χ1n) is 12.7. The van der Waals surface area contributed by atoms with Crippen LogP contribution in [0.15, 0.2) is 47.0 Å². The lowest BCUT2D eigenvalue weighted by Crippen LogP contribution is -2.12. The quantitative estimate of drug-likeness (QED) is 0.299. The summed E-state index contributed by atoms with van der Waals surface area (Å²) in [6.07, 6.45) is 6.80. The van der Waals surface area contributed by atoms with E-state index in [1.165, 1.54) is 35.5 Å². The molecule has 2 aliphatic rings. The summed E-state index contributed by atoms with van der Waals surface area (Å²) in [4.78, 5) is 4.38. The molecule has 5 rings (SSSR count). The summed E-state index contributed by atoms with van der Waals surface area (Å²) in [5.41, 5.74) is 3.40. The highest BCUT2D eigenvalue weighted by Crippen LogP contribution is 2.36. The molecule has 1 unspecified atom stereocenters. The van der Waals surface area contributed by atoms with Gasteiger partial charge in [0.15, 0.2) is 11.5 Å². The van der Waals surface area contributed by atoms with Gasteiger partial charge in [-0.15, -0.1) is 23.5 Å². The highest BCUT2D eigenvalue weighted by atomic mass is 32.2. The van der Waals surface area contributed by atoms with Crippen LogP contribution in [0.5, 0.6) is 11.5 Å². The zero-order chi connectivity index (χ0) is 24.7. The molecule has 2 heterocycles. The van der Waals surface area contributed by atoms with Crippen molar-refractivity contribution >= 4 is 23.5 Å². The van der Waals surface area contributed by atoms with Gasteiger partial charge in [0.25, 0.3) is 0 Å². The van der Waals surface area contributed by atoms with E-state index in [0.29, 0.717) is 16.3 Å². The molecule has 2 aromatic carbocycles. The molecule has 188 valence electrons. The van der Waals surface area contributed by atoms with Gasteiger partial charge in [0.1, 0.15) is 4.58 Å². The molecule has 2 fully saturated rings. The van der Waals surface area contributed by atoms with Crippen molar-refractivity contribution in [2.24, 2.45) is 0 Å². The SMILES string of the molecule is COc1ccc(C(C#CC2SCCS2)CCc2cccc(-c3noc(C)n3)c2)cc1OC1CCCC1. The average Bonchev–Trinajstić information content (AvgIpc) is 3.68. The Morgan fingerprint density at radius 3 is 2.67 bits per heavy atom. The minimum atomic E-state index is 0.111. The Labute approximate surface area is 222 Å². The van der Waals surface area contributed by atoms with Crippen molar-refractivity contribution < 1.29 is 14.0 Å². The minimum absolute atomic E-state index is 0.111. The van der Waals surface area contributed by atoms with Crippen LogP contribution < -0.4 is 9.47 Å². The molecule has 0 bridgehead atoms. The fourth-order valence-corrected chi connectivity index (χ4v) is 7.18. The van der Waals surface area contributed by atoms with Crippen LogP contribution in [0.4, 0.5) is 0 Å². The number of methoxy groups -OCH3 is 1. The second-order valence-corrected chi connectivity index (χ2v) is 11.9. The lowest BCUT2D eigenvalue weighted by Gasteiger charge is -2.19. The van der Waals surface area contributed by atoms with E-state index in [0.717, 1.165) is 42.7 Å². The third-order valence-electron chi connectivity index (χ3n) is 6.62. The number of nitrogens with zero attached hydrogens (tertiary/aromatic N) is 2. The van der Waals surface area contributed by atoms with Gasteiger partial charge < -0.3 is 14.0 Å². The van der Waals surface area contributed by atoms with Gasteiger partial charge in [-0.3, -0.25) is 0 Å². The molecule has 1 saturated heterocycles. The Kier molecular flexibility index (Phi) is 8.45. The van der Waals surface area contributed by atoms with Crippen molar-refractivity contribution in [3.63, 3.8) is 0 Å². The van der Waals surface area contributed by atoms with Gasteiger partial charge >= 0.3 is 0 Å². The smallest absolute Gasteiger partial charge is 0.223 e. The molecule has 0 N–H and O–H groups in total. The maximum absolute atomic E-state index is 6.39. The van der Waals surface area contributed by atoms with Crippen LogP contribution in [-0.2, 0) is 6.42 Å². The molecule has 1 aliphatic carbocycles. The zero-order valence-corrected chi connectivity index (χ0v) is 22.5. The summed E-state index contributed by atoms with van der Waals surface area (Å²) >= 11 is 3.90. The van der Waals surface area contributed by atoms with Crippen LogP contribution in [0.2, 0.25) is 0 Å². The lowest BCUT2D eigenvalue weighted by molar-refractivity contribution is 0.200. The van der Waals surface area contributed by atoms with E-state index in [2.05, 4.69) is 52.3 Å². The van der Waals surface area contributed by atoms with E-state index in [-0.39, 0.29) is 12.0 Å². The predicted molar refractivity (Wildman–Crippen MR) is 148 cm³/mol. The van der Waals surface area contributed by atoms with Gasteiger partial charge in [0.05, 0.1) is 13.2 Å². The van der Waals surface area contributed by atoms with E-state index in [1.54, 1.807) is 7.11 Å². The molecule has 1 aromatic heterocycles. The summed E-state index contributed by atoms with van der Waals surface area (Å²) in [6, 6.07) is 14.7. The van der Waals surface area contributed by atoms with E-state index in [9.17, 15) is 0 Å². The molecule has 0 spiro atoms. The molecule has 0 amide bonds. The first-order valence-corrected chi connectivity index (χ1v) is 14.8. The molecular formula is C29H32N2O3S2. The summed E-state index contributed by atoms with van der Waals surface area (Å²) in [7, 11) is 1.71. The molecular weight excluding hydrogens is 488 g/mol. The number of thioether (sulfide) groups is 2. The Morgan fingerprint density at radius 1 is 1.08 bits per heavy atom. The van der Waals surface area contributed by atoms with Crippen LogP contribution in [0.1, 0.15) is 55.0 Å². The van der Waals surface area contributed by atoms with Gasteiger partial charge in [-0.25, -0.2) is 0 Å². The summed E-state index contributed by atoms with van der Waals surface area (Å²) in [5.74, 6) is 12.5. The minimum Gasteiger partial charge on any atom is -0.493 e.